The lowest BCUT2D eigenvalue weighted by molar-refractivity contribution is -0.137. The van der Waals surface area contributed by atoms with E-state index in [-0.39, 0.29) is 12.2 Å². The molecule has 0 aliphatic carbocycles. The van der Waals surface area contributed by atoms with Crippen LogP contribution in [-0.4, -0.2) is 12.6 Å². The third-order valence-electron chi connectivity index (χ3n) is 3.36. The van der Waals surface area contributed by atoms with Gasteiger partial charge in [-0.15, -0.1) is 0 Å². The highest BCUT2D eigenvalue weighted by atomic mass is 79.9. The normalized spacial score (nSPS) is 10.5. The van der Waals surface area contributed by atoms with Crippen LogP contribution in [0.15, 0.2) is 52.5 Å². The van der Waals surface area contributed by atoms with Gasteiger partial charge in [-0.05, 0) is 64.3 Å². The van der Waals surface area contributed by atoms with Gasteiger partial charge in [0.2, 0.25) is 0 Å². The maximum absolute atomic E-state index is 11.7. The number of nitriles is 2. The molecule has 2 rings (SSSR count). The largest absolute Gasteiger partial charge is 0.488 e. The summed E-state index contributed by atoms with van der Waals surface area (Å²) in [4.78, 5) is 11.7. The Hall–Kier alpha value is -3.09. The van der Waals surface area contributed by atoms with Crippen molar-refractivity contribution in [2.45, 2.75) is 13.5 Å². The highest BCUT2D eigenvalue weighted by Crippen LogP contribution is 2.28. The zero-order chi connectivity index (χ0) is 18.9. The van der Waals surface area contributed by atoms with Crippen LogP contribution in [0.1, 0.15) is 23.6 Å². The highest BCUT2D eigenvalue weighted by molar-refractivity contribution is 9.10. The third-order valence-corrected chi connectivity index (χ3v) is 3.98. The van der Waals surface area contributed by atoms with Gasteiger partial charge in [-0.3, -0.25) is 0 Å². The second-order valence-corrected chi connectivity index (χ2v) is 6.03. The van der Waals surface area contributed by atoms with E-state index in [9.17, 15) is 4.79 Å². The number of rotatable bonds is 6. The third kappa shape index (κ3) is 5.20. The summed E-state index contributed by atoms with van der Waals surface area (Å²) in [6, 6.07) is 16.3. The number of nitrogens with zero attached hydrogens (tertiary/aromatic N) is 2. The fourth-order valence-corrected chi connectivity index (χ4v) is 2.58. The number of hydrogen-bond donors (Lipinski definition) is 0. The zero-order valence-corrected chi connectivity index (χ0v) is 15.6. The molecule has 2 aromatic carbocycles. The molecule has 0 saturated carbocycles. The summed E-state index contributed by atoms with van der Waals surface area (Å²) in [6.07, 6.45) is 1.47. The van der Waals surface area contributed by atoms with E-state index in [0.717, 1.165) is 5.56 Å². The van der Waals surface area contributed by atoms with Crippen LogP contribution >= 0.6 is 15.9 Å². The minimum Gasteiger partial charge on any atom is -0.488 e. The topological polar surface area (TPSA) is 83.1 Å². The van der Waals surface area contributed by atoms with Gasteiger partial charge in [-0.2, -0.15) is 10.5 Å². The second kappa shape index (κ2) is 9.41. The molecule has 0 radical (unpaired) electrons. The lowest BCUT2D eigenvalue weighted by Crippen LogP contribution is -2.06. The number of esters is 1. The predicted molar refractivity (Wildman–Crippen MR) is 99.9 cm³/mol. The minimum atomic E-state index is -0.646. The number of carbonyl (C=O) groups excluding carboxylic acids is 1. The molecular formula is C20H15BrN2O3. The van der Waals surface area contributed by atoms with E-state index in [1.165, 1.54) is 6.08 Å². The summed E-state index contributed by atoms with van der Waals surface area (Å²) in [5, 5.41) is 17.9. The van der Waals surface area contributed by atoms with Gasteiger partial charge in [0.15, 0.2) is 0 Å². The van der Waals surface area contributed by atoms with Crippen molar-refractivity contribution in [2.24, 2.45) is 0 Å². The molecule has 0 saturated heterocycles. The average molecular weight is 411 g/mol. The molecule has 0 aliphatic heterocycles. The second-order valence-electron chi connectivity index (χ2n) is 5.18. The molecule has 0 atom stereocenters. The summed E-state index contributed by atoms with van der Waals surface area (Å²) in [5.74, 6) is -0.0200. The van der Waals surface area contributed by atoms with Crippen LogP contribution in [0.5, 0.6) is 5.75 Å². The molecule has 0 fully saturated rings. The van der Waals surface area contributed by atoms with Crippen molar-refractivity contribution >= 4 is 28.0 Å². The Morgan fingerprint density at radius 2 is 1.92 bits per heavy atom. The molecule has 0 unspecified atom stereocenters. The van der Waals surface area contributed by atoms with Gasteiger partial charge >= 0.3 is 5.97 Å². The van der Waals surface area contributed by atoms with Gasteiger partial charge in [0.05, 0.1) is 22.7 Å². The van der Waals surface area contributed by atoms with Gasteiger partial charge in [0, 0.05) is 0 Å². The quantitative estimate of drug-likeness (QED) is 0.401. The Bertz CT molecular complexity index is 906. The number of carbonyl (C=O) groups is 1. The van der Waals surface area contributed by atoms with Crippen LogP contribution in [0.25, 0.3) is 6.08 Å². The molecule has 0 spiro atoms. The SMILES string of the molecule is CCOC(=O)/C(C#N)=C/c1ccc(OCc2ccc(C#N)cc2)c(Br)c1. The Morgan fingerprint density at radius 3 is 2.50 bits per heavy atom. The Morgan fingerprint density at radius 1 is 1.19 bits per heavy atom. The van der Waals surface area contributed by atoms with E-state index in [2.05, 4.69) is 22.0 Å². The minimum absolute atomic E-state index is 0.0648. The Balaban J connectivity index is 2.10. The van der Waals surface area contributed by atoms with Gasteiger partial charge in [0.25, 0.3) is 0 Å². The first kappa shape index (κ1) is 19.2. The maximum Gasteiger partial charge on any atom is 0.348 e. The first-order chi connectivity index (χ1) is 12.6. The molecule has 6 heteroatoms. The van der Waals surface area contributed by atoms with E-state index >= 15 is 0 Å². The molecule has 0 aliphatic rings. The fourth-order valence-electron chi connectivity index (χ4n) is 2.07. The average Bonchev–Trinajstić information content (AvgIpc) is 2.66. The maximum atomic E-state index is 11.7. The molecule has 0 heterocycles. The molecule has 130 valence electrons. The highest BCUT2D eigenvalue weighted by Gasteiger charge is 2.10. The predicted octanol–water partition coefficient (Wildman–Crippen LogP) is 4.37. The molecule has 0 aromatic heterocycles. The number of benzene rings is 2. The summed E-state index contributed by atoms with van der Waals surface area (Å²) in [5.41, 5.74) is 2.15. The van der Waals surface area contributed by atoms with E-state index in [1.54, 1.807) is 37.3 Å². The van der Waals surface area contributed by atoms with Crippen molar-refractivity contribution in [3.8, 4) is 17.9 Å². The Labute approximate surface area is 160 Å². The van der Waals surface area contributed by atoms with Gasteiger partial charge in [0.1, 0.15) is 24.0 Å². The summed E-state index contributed by atoms with van der Waals surface area (Å²) in [7, 11) is 0. The lowest BCUT2D eigenvalue weighted by atomic mass is 10.1. The lowest BCUT2D eigenvalue weighted by Gasteiger charge is -2.09. The van der Waals surface area contributed by atoms with Crippen molar-refractivity contribution in [3.63, 3.8) is 0 Å². The van der Waals surface area contributed by atoms with E-state index in [0.29, 0.717) is 28.0 Å². The fraction of sp³-hybridized carbons (Fsp3) is 0.150. The molecule has 26 heavy (non-hydrogen) atoms. The van der Waals surface area contributed by atoms with Crippen molar-refractivity contribution in [1.29, 1.82) is 10.5 Å². The van der Waals surface area contributed by atoms with Gasteiger partial charge < -0.3 is 9.47 Å². The van der Waals surface area contributed by atoms with Crippen molar-refractivity contribution < 1.29 is 14.3 Å². The standard InChI is InChI=1S/C20H15BrN2O3/c1-2-25-20(24)17(12-23)9-16-7-8-19(18(21)10-16)26-13-15-5-3-14(11-22)4-6-15/h3-10H,2,13H2,1H3/b17-9+. The van der Waals surface area contributed by atoms with Crippen LogP contribution in [0.2, 0.25) is 0 Å². The van der Waals surface area contributed by atoms with Crippen LogP contribution in [0.4, 0.5) is 0 Å². The van der Waals surface area contributed by atoms with Crippen molar-refractivity contribution in [1.82, 2.24) is 0 Å². The first-order valence-corrected chi connectivity index (χ1v) is 8.57. The van der Waals surface area contributed by atoms with E-state index in [1.807, 2.05) is 18.2 Å². The molecule has 0 amide bonds. The smallest absolute Gasteiger partial charge is 0.348 e. The van der Waals surface area contributed by atoms with Crippen molar-refractivity contribution in [2.75, 3.05) is 6.61 Å². The molecule has 2 aromatic rings. The van der Waals surface area contributed by atoms with Crippen LogP contribution in [0, 0.1) is 22.7 Å². The first-order valence-electron chi connectivity index (χ1n) is 7.77. The summed E-state index contributed by atoms with van der Waals surface area (Å²) >= 11 is 3.43. The molecular weight excluding hydrogens is 396 g/mol. The summed E-state index contributed by atoms with van der Waals surface area (Å²) < 4.78 is 11.3. The monoisotopic (exact) mass is 410 g/mol. The van der Waals surface area contributed by atoms with Gasteiger partial charge in [-0.25, -0.2) is 4.79 Å². The van der Waals surface area contributed by atoms with Gasteiger partial charge in [-0.1, -0.05) is 18.2 Å². The number of hydrogen-bond acceptors (Lipinski definition) is 5. The van der Waals surface area contributed by atoms with Crippen molar-refractivity contribution in [3.05, 3.63) is 69.2 Å². The van der Waals surface area contributed by atoms with Crippen LogP contribution < -0.4 is 4.74 Å². The molecule has 0 N–H and O–H groups in total. The number of halogens is 1. The Kier molecular flexibility index (Phi) is 6.96. The van der Waals surface area contributed by atoms with E-state index in [4.69, 9.17) is 20.0 Å². The number of ether oxygens (including phenoxy) is 2. The summed E-state index contributed by atoms with van der Waals surface area (Å²) in [6.45, 7) is 2.25. The van der Waals surface area contributed by atoms with E-state index < -0.39 is 5.97 Å². The molecule has 5 nitrogen and oxygen atoms in total. The zero-order valence-electron chi connectivity index (χ0n) is 14.0. The van der Waals surface area contributed by atoms with Crippen LogP contribution in [0.3, 0.4) is 0 Å². The molecule has 0 bridgehead atoms. The van der Waals surface area contributed by atoms with Crippen LogP contribution in [-0.2, 0) is 16.1 Å².